The zero-order valence-corrected chi connectivity index (χ0v) is 8.06. The highest BCUT2D eigenvalue weighted by Crippen LogP contribution is 2.31. The van der Waals surface area contributed by atoms with Crippen LogP contribution in [0.2, 0.25) is 0 Å². The largest absolute Gasteiger partial charge is 0.573 e. The molecule has 1 aromatic rings. The Bertz CT molecular complexity index is 481. The van der Waals surface area contributed by atoms with E-state index in [9.17, 15) is 23.3 Å². The third kappa shape index (κ3) is 3.60. The molecule has 6 nitrogen and oxygen atoms in total. The van der Waals surface area contributed by atoms with Crippen LogP contribution < -0.4 is 4.74 Å². The van der Waals surface area contributed by atoms with Gasteiger partial charge in [-0.15, -0.1) is 13.2 Å². The second-order valence-corrected chi connectivity index (χ2v) is 2.78. The topological polar surface area (TPSA) is 89.0 Å². The molecule has 90 valence electrons. The fourth-order valence-electron chi connectivity index (χ4n) is 0.991. The first-order valence-electron chi connectivity index (χ1n) is 4.09. The Hall–Kier alpha value is -2.37. The Kier molecular flexibility index (Phi) is 3.47. The van der Waals surface area contributed by atoms with Gasteiger partial charge in [-0.1, -0.05) is 0 Å². The van der Waals surface area contributed by atoms with E-state index in [2.05, 4.69) is 9.72 Å². The van der Waals surface area contributed by atoms with Crippen LogP contribution >= 0.6 is 0 Å². The summed E-state index contributed by atoms with van der Waals surface area (Å²) in [5.41, 5.74) is -0.957. The van der Waals surface area contributed by atoms with Gasteiger partial charge in [-0.2, -0.15) is 5.26 Å². The lowest BCUT2D eigenvalue weighted by atomic mass is 10.2. The van der Waals surface area contributed by atoms with E-state index in [1.807, 2.05) is 0 Å². The van der Waals surface area contributed by atoms with Crippen molar-refractivity contribution in [2.45, 2.75) is 12.8 Å². The van der Waals surface area contributed by atoms with Crippen molar-refractivity contribution >= 4 is 5.69 Å². The number of hydrogen-bond acceptors (Lipinski definition) is 5. The molecule has 0 unspecified atom stereocenters. The number of alkyl halides is 3. The molecule has 0 saturated heterocycles. The number of pyridine rings is 1. The van der Waals surface area contributed by atoms with Gasteiger partial charge in [0.1, 0.15) is 6.20 Å². The van der Waals surface area contributed by atoms with Crippen LogP contribution in [-0.2, 0) is 6.42 Å². The van der Waals surface area contributed by atoms with Crippen LogP contribution in [0.5, 0.6) is 5.75 Å². The van der Waals surface area contributed by atoms with E-state index >= 15 is 0 Å². The predicted molar refractivity (Wildman–Crippen MR) is 46.9 cm³/mol. The highest BCUT2D eigenvalue weighted by molar-refractivity contribution is 5.45. The number of ether oxygens (including phenoxy) is 1. The molecule has 0 aliphatic heterocycles. The van der Waals surface area contributed by atoms with Gasteiger partial charge in [0.2, 0.25) is 5.75 Å². The van der Waals surface area contributed by atoms with Gasteiger partial charge in [-0.25, -0.2) is 0 Å². The maximum Gasteiger partial charge on any atom is 0.573 e. The first-order chi connectivity index (χ1) is 7.83. The Morgan fingerprint density at radius 1 is 1.59 bits per heavy atom. The van der Waals surface area contributed by atoms with Crippen LogP contribution in [0.1, 0.15) is 5.69 Å². The predicted octanol–water partition coefficient (Wildman–Crippen LogP) is 1.95. The first-order valence-corrected chi connectivity index (χ1v) is 4.09. The van der Waals surface area contributed by atoms with Crippen molar-refractivity contribution in [1.82, 2.24) is 4.98 Å². The molecule has 9 heteroatoms. The molecular weight excluding hydrogens is 243 g/mol. The quantitative estimate of drug-likeness (QED) is 0.601. The van der Waals surface area contributed by atoms with E-state index in [1.54, 1.807) is 6.07 Å². The molecule has 0 atom stereocenters. The molecule has 1 heterocycles. The van der Waals surface area contributed by atoms with Crippen LogP contribution in [0.25, 0.3) is 0 Å². The average molecular weight is 247 g/mol. The molecule has 0 aromatic carbocycles. The molecule has 17 heavy (non-hydrogen) atoms. The maximum absolute atomic E-state index is 12.0. The second-order valence-electron chi connectivity index (χ2n) is 2.78. The molecule has 0 bridgehead atoms. The Balaban J connectivity index is 3.17. The van der Waals surface area contributed by atoms with E-state index in [0.29, 0.717) is 6.20 Å². The van der Waals surface area contributed by atoms with Crippen molar-refractivity contribution in [2.75, 3.05) is 0 Å². The van der Waals surface area contributed by atoms with Crippen LogP contribution in [-0.4, -0.2) is 16.3 Å². The van der Waals surface area contributed by atoms with Gasteiger partial charge in [-0.3, -0.25) is 15.1 Å². The molecule has 0 spiro atoms. The highest BCUT2D eigenvalue weighted by Gasteiger charge is 2.34. The molecule has 0 aliphatic rings. The molecule has 0 radical (unpaired) electrons. The van der Waals surface area contributed by atoms with Crippen LogP contribution in [0.4, 0.5) is 18.9 Å². The maximum atomic E-state index is 12.0. The minimum atomic E-state index is -5.05. The molecule has 0 N–H and O–H groups in total. The Morgan fingerprint density at radius 3 is 2.71 bits per heavy atom. The van der Waals surface area contributed by atoms with Crippen LogP contribution in [0.3, 0.4) is 0 Å². The van der Waals surface area contributed by atoms with Crippen LogP contribution in [0.15, 0.2) is 12.3 Å². The van der Waals surface area contributed by atoms with Crippen LogP contribution in [0, 0.1) is 21.4 Å². The van der Waals surface area contributed by atoms with Gasteiger partial charge in [0.15, 0.2) is 0 Å². The van der Waals surface area contributed by atoms with Crippen molar-refractivity contribution in [1.29, 1.82) is 5.26 Å². The lowest BCUT2D eigenvalue weighted by Gasteiger charge is -2.09. The molecule has 0 fully saturated rings. The number of aromatic nitrogens is 1. The summed E-state index contributed by atoms with van der Waals surface area (Å²) in [6, 6.07) is 2.37. The third-order valence-electron chi connectivity index (χ3n) is 1.59. The summed E-state index contributed by atoms with van der Waals surface area (Å²) in [7, 11) is 0. The minimum Gasteiger partial charge on any atom is -0.398 e. The zero-order valence-electron chi connectivity index (χ0n) is 8.06. The fraction of sp³-hybridized carbons (Fsp3) is 0.250. The van der Waals surface area contributed by atoms with Crippen molar-refractivity contribution < 1.29 is 22.8 Å². The molecular formula is C8H4F3N3O3. The van der Waals surface area contributed by atoms with Gasteiger partial charge in [0, 0.05) is 6.07 Å². The Labute approximate surface area is 92.4 Å². The summed E-state index contributed by atoms with van der Waals surface area (Å²) in [6.07, 6.45) is -4.70. The summed E-state index contributed by atoms with van der Waals surface area (Å²) in [5.74, 6) is -0.984. The first kappa shape index (κ1) is 12.7. The molecule has 0 saturated carbocycles. The lowest BCUT2D eigenvalue weighted by Crippen LogP contribution is -2.18. The summed E-state index contributed by atoms with van der Waals surface area (Å²) in [5, 5.41) is 18.8. The van der Waals surface area contributed by atoms with E-state index in [4.69, 9.17) is 5.26 Å². The van der Waals surface area contributed by atoms with E-state index in [0.717, 1.165) is 6.07 Å². The van der Waals surface area contributed by atoms with Crippen molar-refractivity contribution in [3.8, 4) is 11.8 Å². The van der Waals surface area contributed by atoms with Gasteiger partial charge >= 0.3 is 12.0 Å². The Morgan fingerprint density at radius 2 is 2.24 bits per heavy atom. The zero-order chi connectivity index (χ0) is 13.1. The third-order valence-corrected chi connectivity index (χ3v) is 1.59. The summed E-state index contributed by atoms with van der Waals surface area (Å²) in [4.78, 5) is 12.8. The number of rotatable bonds is 3. The van der Waals surface area contributed by atoms with Crippen molar-refractivity contribution in [2.24, 2.45) is 0 Å². The smallest absolute Gasteiger partial charge is 0.398 e. The van der Waals surface area contributed by atoms with E-state index < -0.39 is 22.7 Å². The van der Waals surface area contributed by atoms with E-state index in [1.165, 1.54) is 0 Å². The molecule has 1 rings (SSSR count). The molecule has 0 amide bonds. The number of nitrogens with zero attached hydrogens (tertiary/aromatic N) is 3. The normalized spacial score (nSPS) is 10.7. The summed E-state index contributed by atoms with van der Waals surface area (Å²) >= 11 is 0. The van der Waals surface area contributed by atoms with Gasteiger partial charge < -0.3 is 4.74 Å². The number of nitro groups is 1. The highest BCUT2D eigenvalue weighted by atomic mass is 19.4. The number of halogens is 3. The summed E-state index contributed by atoms with van der Waals surface area (Å²) in [6.45, 7) is 0. The van der Waals surface area contributed by atoms with Crippen molar-refractivity contribution in [3.63, 3.8) is 0 Å². The monoisotopic (exact) mass is 247 g/mol. The number of hydrogen-bond donors (Lipinski definition) is 0. The van der Waals surface area contributed by atoms with Gasteiger partial charge in [-0.05, 0) is 0 Å². The summed E-state index contributed by atoms with van der Waals surface area (Å²) < 4.78 is 39.4. The minimum absolute atomic E-state index is 0.0441. The van der Waals surface area contributed by atoms with Gasteiger partial charge in [0.25, 0.3) is 0 Å². The average Bonchev–Trinajstić information content (AvgIpc) is 2.15. The van der Waals surface area contributed by atoms with E-state index in [-0.39, 0.29) is 12.1 Å². The fourth-order valence-corrected chi connectivity index (χ4v) is 0.991. The molecule has 1 aromatic heterocycles. The second kappa shape index (κ2) is 4.65. The van der Waals surface area contributed by atoms with Crippen molar-refractivity contribution in [3.05, 3.63) is 28.1 Å². The lowest BCUT2D eigenvalue weighted by molar-refractivity contribution is -0.389. The SMILES string of the molecule is N#CCc1cc(OC(F)(F)F)c([N+](=O)[O-])cn1. The number of nitriles is 1. The standard InChI is InChI=1S/C8H4F3N3O3/c9-8(10,11)17-7-3-5(1-2-12)13-4-6(7)14(15)16/h3-4H,1H2. The molecule has 0 aliphatic carbocycles. The van der Waals surface area contributed by atoms with Gasteiger partial charge in [0.05, 0.1) is 23.1 Å².